The number of nitrogens with one attached hydrogen (secondary N) is 2. The highest BCUT2D eigenvalue weighted by Crippen LogP contribution is 2.16. The number of nitrogens with zero attached hydrogens (tertiary/aromatic N) is 4. The number of hydrogen-bond donors (Lipinski definition) is 2. The molecular formula is C22H31IN6OS. The fourth-order valence-electron chi connectivity index (χ4n) is 2.91. The Morgan fingerprint density at radius 3 is 2.45 bits per heavy atom. The van der Waals surface area contributed by atoms with Crippen LogP contribution in [0.15, 0.2) is 41.4 Å². The van der Waals surface area contributed by atoms with Crippen molar-refractivity contribution in [3.8, 4) is 5.75 Å². The van der Waals surface area contributed by atoms with E-state index in [4.69, 9.17) is 9.73 Å². The molecule has 0 saturated carbocycles. The quantitative estimate of drug-likeness (QED) is 0.239. The second-order valence-corrected chi connectivity index (χ2v) is 8.24. The molecule has 0 saturated heterocycles. The van der Waals surface area contributed by atoms with E-state index < -0.39 is 0 Å². The van der Waals surface area contributed by atoms with E-state index in [2.05, 4.69) is 52.0 Å². The number of rotatable bonds is 9. The molecule has 0 aliphatic rings. The molecule has 7 nitrogen and oxygen atoms in total. The van der Waals surface area contributed by atoms with Crippen LogP contribution in [-0.2, 0) is 33.0 Å². The Balaban J connectivity index is 0.00000341. The largest absolute Gasteiger partial charge is 0.497 e. The average Bonchev–Trinajstić information content (AvgIpc) is 3.37. The van der Waals surface area contributed by atoms with Crippen LogP contribution in [0.5, 0.6) is 5.75 Å². The van der Waals surface area contributed by atoms with Crippen molar-refractivity contribution in [3.05, 3.63) is 63.4 Å². The van der Waals surface area contributed by atoms with Gasteiger partial charge in [-0.05, 0) is 49.6 Å². The fraction of sp³-hybridized carbons (Fsp3) is 0.409. The highest BCUT2D eigenvalue weighted by molar-refractivity contribution is 14.0. The molecule has 0 bridgehead atoms. The Labute approximate surface area is 205 Å². The second-order valence-electron chi connectivity index (χ2n) is 6.99. The molecule has 1 aromatic carbocycles. The first-order valence-electron chi connectivity index (χ1n) is 10.2. The molecule has 0 fully saturated rings. The number of hydrogen-bond acceptors (Lipinski definition) is 5. The zero-order chi connectivity index (χ0) is 21.3. The monoisotopic (exact) mass is 554 g/mol. The van der Waals surface area contributed by atoms with Crippen molar-refractivity contribution in [1.82, 2.24) is 25.4 Å². The molecule has 3 rings (SSSR count). The number of thiophene rings is 1. The van der Waals surface area contributed by atoms with Gasteiger partial charge in [-0.2, -0.15) is 0 Å². The molecular weight excluding hydrogens is 523 g/mol. The third-order valence-corrected chi connectivity index (χ3v) is 6.15. The van der Waals surface area contributed by atoms with Gasteiger partial charge in [0.1, 0.15) is 18.1 Å². The molecule has 0 amide bonds. The molecule has 0 aliphatic carbocycles. The maximum atomic E-state index is 5.22. The van der Waals surface area contributed by atoms with Gasteiger partial charge in [-0.25, -0.2) is 4.99 Å². The van der Waals surface area contributed by atoms with Crippen LogP contribution in [0.2, 0.25) is 0 Å². The number of methoxy groups -OCH3 is 1. The lowest BCUT2D eigenvalue weighted by molar-refractivity contribution is 0.414. The van der Waals surface area contributed by atoms with Gasteiger partial charge in [-0.1, -0.05) is 19.1 Å². The number of aromatic nitrogens is 3. The third-order valence-electron chi connectivity index (χ3n) is 4.92. The molecule has 0 radical (unpaired) electrons. The molecule has 2 N–H and O–H groups in total. The summed E-state index contributed by atoms with van der Waals surface area (Å²) in [6, 6.07) is 12.5. The van der Waals surface area contributed by atoms with Gasteiger partial charge in [0.15, 0.2) is 11.8 Å². The minimum atomic E-state index is 0. The standard InChI is InChI=1S/C22H30N6OS.HI/c1-5-19-10-11-20(30-19)14-24-22(25-15-21-27-26-16(2)28(21)3)23-13-12-17-6-8-18(29-4)9-7-17;/h6-11H,5,12-15H2,1-4H3,(H2,23,24,25);1H. The number of aliphatic imine (C=N–C) groups is 1. The predicted molar refractivity (Wildman–Crippen MR) is 138 cm³/mol. The molecule has 0 unspecified atom stereocenters. The average molecular weight is 555 g/mol. The van der Waals surface area contributed by atoms with Gasteiger partial charge >= 0.3 is 0 Å². The summed E-state index contributed by atoms with van der Waals surface area (Å²) < 4.78 is 7.19. The van der Waals surface area contributed by atoms with Crippen molar-refractivity contribution >= 4 is 41.3 Å². The summed E-state index contributed by atoms with van der Waals surface area (Å²) in [7, 11) is 3.64. The maximum absolute atomic E-state index is 5.22. The van der Waals surface area contributed by atoms with Crippen LogP contribution in [0.25, 0.3) is 0 Å². The maximum Gasteiger partial charge on any atom is 0.192 e. The highest BCUT2D eigenvalue weighted by Gasteiger charge is 2.06. The first-order valence-corrected chi connectivity index (χ1v) is 11.0. The number of guanidine groups is 1. The number of halogens is 1. The summed E-state index contributed by atoms with van der Waals surface area (Å²) in [5.74, 6) is 3.37. The molecule has 9 heteroatoms. The number of ether oxygens (including phenoxy) is 1. The Hall–Kier alpha value is -2.14. The lowest BCUT2D eigenvalue weighted by atomic mass is 10.1. The van der Waals surface area contributed by atoms with Crippen LogP contribution in [-0.4, -0.2) is 34.4 Å². The summed E-state index contributed by atoms with van der Waals surface area (Å²) in [6.07, 6.45) is 1.96. The number of benzene rings is 1. The van der Waals surface area contributed by atoms with E-state index in [1.807, 2.05) is 42.0 Å². The first kappa shape index (κ1) is 25.1. The van der Waals surface area contributed by atoms with Crippen LogP contribution in [0.4, 0.5) is 0 Å². The zero-order valence-electron chi connectivity index (χ0n) is 18.5. The summed E-state index contributed by atoms with van der Waals surface area (Å²) in [4.78, 5) is 7.42. The van der Waals surface area contributed by atoms with Gasteiger partial charge in [0.05, 0.1) is 13.7 Å². The van der Waals surface area contributed by atoms with Gasteiger partial charge in [-0.3, -0.25) is 0 Å². The van der Waals surface area contributed by atoms with Gasteiger partial charge < -0.3 is 19.9 Å². The molecule has 0 spiro atoms. The first-order chi connectivity index (χ1) is 14.6. The lowest BCUT2D eigenvalue weighted by Crippen LogP contribution is -2.38. The van der Waals surface area contributed by atoms with E-state index in [1.54, 1.807) is 7.11 Å². The summed E-state index contributed by atoms with van der Waals surface area (Å²) in [5, 5.41) is 15.2. The van der Waals surface area contributed by atoms with E-state index in [-0.39, 0.29) is 24.0 Å². The predicted octanol–water partition coefficient (Wildman–Crippen LogP) is 3.85. The van der Waals surface area contributed by atoms with E-state index in [0.717, 1.165) is 49.3 Å². The minimum absolute atomic E-state index is 0. The van der Waals surface area contributed by atoms with Crippen molar-refractivity contribution in [1.29, 1.82) is 0 Å². The van der Waals surface area contributed by atoms with Crippen molar-refractivity contribution < 1.29 is 4.74 Å². The smallest absolute Gasteiger partial charge is 0.192 e. The second kappa shape index (κ2) is 12.7. The van der Waals surface area contributed by atoms with Gasteiger partial charge in [-0.15, -0.1) is 45.5 Å². The summed E-state index contributed by atoms with van der Waals surface area (Å²) in [6.45, 7) is 6.12. The third kappa shape index (κ3) is 7.49. The van der Waals surface area contributed by atoms with Crippen LogP contribution < -0.4 is 15.4 Å². The minimum Gasteiger partial charge on any atom is -0.497 e. The van der Waals surface area contributed by atoms with Gasteiger partial charge in [0.2, 0.25) is 0 Å². The molecule has 2 heterocycles. The van der Waals surface area contributed by atoms with E-state index in [1.165, 1.54) is 15.3 Å². The van der Waals surface area contributed by atoms with Crippen molar-refractivity contribution in [2.75, 3.05) is 13.7 Å². The highest BCUT2D eigenvalue weighted by atomic mass is 127. The summed E-state index contributed by atoms with van der Waals surface area (Å²) >= 11 is 1.84. The van der Waals surface area contributed by atoms with Gasteiger partial charge in [0.25, 0.3) is 0 Å². The lowest BCUT2D eigenvalue weighted by Gasteiger charge is -2.12. The molecule has 0 atom stereocenters. The van der Waals surface area contributed by atoms with Crippen LogP contribution in [0.1, 0.15) is 33.9 Å². The Morgan fingerprint density at radius 1 is 1.10 bits per heavy atom. The molecule has 168 valence electrons. The molecule has 3 aromatic rings. The van der Waals surface area contributed by atoms with Crippen molar-refractivity contribution in [2.24, 2.45) is 12.0 Å². The van der Waals surface area contributed by atoms with Crippen LogP contribution >= 0.6 is 35.3 Å². The van der Waals surface area contributed by atoms with Crippen molar-refractivity contribution in [3.63, 3.8) is 0 Å². The van der Waals surface area contributed by atoms with E-state index >= 15 is 0 Å². The molecule has 31 heavy (non-hydrogen) atoms. The Morgan fingerprint density at radius 2 is 1.84 bits per heavy atom. The zero-order valence-corrected chi connectivity index (χ0v) is 21.7. The number of aryl methyl sites for hydroxylation is 2. The Bertz CT molecular complexity index is 967. The normalized spacial score (nSPS) is 11.2. The topological polar surface area (TPSA) is 76.4 Å². The van der Waals surface area contributed by atoms with E-state index in [0.29, 0.717) is 6.54 Å². The summed E-state index contributed by atoms with van der Waals surface area (Å²) in [5.41, 5.74) is 1.25. The van der Waals surface area contributed by atoms with Crippen LogP contribution in [0, 0.1) is 6.92 Å². The molecule has 2 aromatic heterocycles. The molecule has 0 aliphatic heterocycles. The van der Waals surface area contributed by atoms with E-state index in [9.17, 15) is 0 Å². The van der Waals surface area contributed by atoms with Gasteiger partial charge in [0, 0.05) is 23.3 Å². The fourth-order valence-corrected chi connectivity index (χ4v) is 3.81. The van der Waals surface area contributed by atoms with Crippen LogP contribution in [0.3, 0.4) is 0 Å². The Kier molecular flexibility index (Phi) is 10.3. The SMILES string of the molecule is CCc1ccc(CNC(=NCc2nnc(C)n2C)NCCc2ccc(OC)cc2)s1.I. The van der Waals surface area contributed by atoms with Crippen molar-refractivity contribution in [2.45, 2.75) is 39.8 Å².